The summed E-state index contributed by atoms with van der Waals surface area (Å²) in [6.45, 7) is 23.3. The molecule has 0 saturated carbocycles. The number of hydrogen-bond donors (Lipinski definition) is 0. The minimum atomic E-state index is -3.44. The first-order valence-corrected chi connectivity index (χ1v) is 19.7. The molecule has 0 spiro atoms. The minimum Gasteiger partial charge on any atom is -0.266 e. The van der Waals surface area contributed by atoms with Gasteiger partial charge < -0.3 is 0 Å². The zero-order valence-electron chi connectivity index (χ0n) is 32.4. The van der Waals surface area contributed by atoms with Crippen molar-refractivity contribution in [1.82, 2.24) is 0 Å². The lowest BCUT2D eigenvalue weighted by Crippen LogP contribution is -2.17. The van der Waals surface area contributed by atoms with Gasteiger partial charge in [-0.05, 0) is 166 Å². The van der Waals surface area contributed by atoms with Crippen LogP contribution in [0.25, 0.3) is 0 Å². The van der Waals surface area contributed by atoms with Crippen molar-refractivity contribution in [1.29, 1.82) is 0 Å². The quantitative estimate of drug-likeness (QED) is 0.0718. The van der Waals surface area contributed by atoms with E-state index in [1.807, 2.05) is 13.0 Å². The Kier molecular flexibility index (Phi) is 25.5. The zero-order chi connectivity index (χ0) is 35.7. The highest BCUT2D eigenvalue weighted by Gasteiger charge is 2.15. The van der Waals surface area contributed by atoms with Crippen LogP contribution in [0.2, 0.25) is 0 Å². The molecule has 0 aliphatic carbocycles. The van der Waals surface area contributed by atoms with E-state index in [0.717, 1.165) is 82.6 Å². The summed E-state index contributed by atoms with van der Waals surface area (Å²) in [5.41, 5.74) is 11.5. The van der Waals surface area contributed by atoms with Gasteiger partial charge in [0.25, 0.3) is 10.1 Å². The van der Waals surface area contributed by atoms with E-state index >= 15 is 0 Å². The highest BCUT2D eigenvalue weighted by Crippen LogP contribution is 2.17. The first kappa shape index (κ1) is 44.8. The van der Waals surface area contributed by atoms with Crippen LogP contribution < -0.4 is 0 Å². The Bertz CT molecular complexity index is 1240. The van der Waals surface area contributed by atoms with Crippen LogP contribution in [0.1, 0.15) is 166 Å². The second-order valence-electron chi connectivity index (χ2n) is 14.2. The molecule has 268 valence electrons. The van der Waals surface area contributed by atoms with Crippen LogP contribution >= 0.6 is 0 Å². The summed E-state index contributed by atoms with van der Waals surface area (Å²) in [5.74, 6) is 0. The number of rotatable bonds is 25. The Morgan fingerprint density at radius 2 is 0.660 bits per heavy atom. The maximum atomic E-state index is 11.7. The van der Waals surface area contributed by atoms with Crippen LogP contribution in [0.4, 0.5) is 0 Å². The van der Waals surface area contributed by atoms with Crippen molar-refractivity contribution in [2.75, 3.05) is 6.61 Å². The van der Waals surface area contributed by atoms with Crippen molar-refractivity contribution in [2.45, 2.75) is 171 Å². The molecule has 0 amide bonds. The average Bonchev–Trinajstić information content (AvgIpc) is 2.96. The molecule has 0 aromatic carbocycles. The first-order chi connectivity index (χ1) is 22.1. The maximum absolute atomic E-state index is 11.7. The molecular formula is C43H72O3S. The second kappa shape index (κ2) is 26.7. The van der Waals surface area contributed by atoms with Crippen LogP contribution in [-0.2, 0) is 14.3 Å². The van der Waals surface area contributed by atoms with E-state index in [2.05, 4.69) is 97.9 Å². The van der Waals surface area contributed by atoms with E-state index in [1.54, 1.807) is 13.8 Å². The van der Waals surface area contributed by atoms with Crippen molar-refractivity contribution in [2.24, 2.45) is 0 Å². The van der Waals surface area contributed by atoms with Crippen molar-refractivity contribution >= 4 is 10.1 Å². The van der Waals surface area contributed by atoms with Crippen LogP contribution in [0, 0.1) is 0 Å². The topological polar surface area (TPSA) is 43.4 Å². The molecule has 0 aromatic rings. The molecular weight excluding hydrogens is 597 g/mol. The fourth-order valence-corrected chi connectivity index (χ4v) is 5.52. The molecule has 0 heterocycles. The summed E-state index contributed by atoms with van der Waals surface area (Å²) in [4.78, 5) is 0. The molecule has 0 N–H and O–H groups in total. The van der Waals surface area contributed by atoms with Crippen LogP contribution in [0.15, 0.2) is 93.2 Å². The van der Waals surface area contributed by atoms with Crippen LogP contribution in [0.3, 0.4) is 0 Å². The highest BCUT2D eigenvalue weighted by atomic mass is 32.2. The first-order valence-electron chi connectivity index (χ1n) is 18.2. The molecule has 0 saturated heterocycles. The Labute approximate surface area is 292 Å². The number of allylic oxidation sites excluding steroid dienone is 15. The molecule has 0 fully saturated rings. The summed E-state index contributed by atoms with van der Waals surface area (Å²) in [6.07, 6.45) is 34.2. The van der Waals surface area contributed by atoms with Gasteiger partial charge in [0.1, 0.15) is 0 Å². The molecule has 0 rings (SSSR count). The second-order valence-corrected chi connectivity index (χ2v) is 16.4. The molecule has 4 heteroatoms. The van der Waals surface area contributed by atoms with Gasteiger partial charge in [0, 0.05) is 0 Å². The van der Waals surface area contributed by atoms with Gasteiger partial charge in [0.2, 0.25) is 0 Å². The fourth-order valence-electron chi connectivity index (χ4n) is 4.99. The van der Waals surface area contributed by atoms with Crippen LogP contribution in [0.5, 0.6) is 0 Å². The van der Waals surface area contributed by atoms with Crippen molar-refractivity contribution in [3.05, 3.63) is 93.2 Å². The van der Waals surface area contributed by atoms with E-state index in [1.165, 1.54) is 51.9 Å². The Hall–Kier alpha value is -2.17. The van der Waals surface area contributed by atoms with Gasteiger partial charge in [-0.1, -0.05) is 93.2 Å². The predicted octanol–water partition coefficient (Wildman–Crippen LogP) is 13.8. The van der Waals surface area contributed by atoms with Gasteiger partial charge in [0.05, 0.1) is 11.9 Å². The van der Waals surface area contributed by atoms with E-state index in [9.17, 15) is 8.42 Å². The highest BCUT2D eigenvalue weighted by molar-refractivity contribution is 7.87. The minimum absolute atomic E-state index is 0.124. The maximum Gasteiger partial charge on any atom is 0.269 e. The summed E-state index contributed by atoms with van der Waals surface area (Å²) >= 11 is 0. The summed E-state index contributed by atoms with van der Waals surface area (Å²) in [7, 11) is -3.44. The van der Waals surface area contributed by atoms with E-state index in [4.69, 9.17) is 4.18 Å². The van der Waals surface area contributed by atoms with Crippen molar-refractivity contribution in [3.8, 4) is 0 Å². The average molecular weight is 669 g/mol. The lowest BCUT2D eigenvalue weighted by Gasteiger charge is -2.06. The predicted molar refractivity (Wildman–Crippen MR) is 210 cm³/mol. The summed E-state index contributed by atoms with van der Waals surface area (Å²) in [6, 6.07) is 0. The molecule has 0 radical (unpaired) electrons. The lowest BCUT2D eigenvalue weighted by atomic mass is 10.0. The van der Waals surface area contributed by atoms with Gasteiger partial charge in [-0.15, -0.1) is 0 Å². The summed E-state index contributed by atoms with van der Waals surface area (Å²) in [5, 5.41) is -0.509. The largest absolute Gasteiger partial charge is 0.269 e. The van der Waals surface area contributed by atoms with Gasteiger partial charge in [0.15, 0.2) is 0 Å². The van der Waals surface area contributed by atoms with E-state index in [-0.39, 0.29) is 6.61 Å². The third kappa shape index (κ3) is 27.5. The van der Waals surface area contributed by atoms with Gasteiger partial charge in [-0.3, -0.25) is 4.18 Å². The van der Waals surface area contributed by atoms with Gasteiger partial charge >= 0.3 is 0 Å². The molecule has 0 aliphatic heterocycles. The lowest BCUT2D eigenvalue weighted by molar-refractivity contribution is 0.351. The fraction of sp³-hybridized carbons (Fsp3) is 0.628. The SMILES string of the molecule is CC(C)=CCCC(C)=CCCC(C)=CCCC(C)=CCCC(C)=CCCC(C)=CCC/C(C)=C/CC/C(C)=C/COS(=O)(=O)C(C)C. The standard InChI is InChI=1S/C43H72O3S/c1-35(2)19-12-20-37(5)21-13-22-38(6)23-14-24-39(7)25-15-26-40(8)27-16-28-41(9)29-17-30-42(10)31-18-32-43(11)33-34-46-47(44,45)36(3)4/h19,21,23,25,27,29,31,33,36H,12-18,20,22,24,26,28,30,32,34H2,1-11H3/b37-21?,38-23?,39-25?,40-27?,41-29?,42-31+,43-33+. The van der Waals surface area contributed by atoms with Gasteiger partial charge in [-0.2, -0.15) is 8.42 Å². The molecule has 3 nitrogen and oxygen atoms in total. The summed E-state index contributed by atoms with van der Waals surface area (Å²) < 4.78 is 28.5. The molecule has 47 heavy (non-hydrogen) atoms. The Morgan fingerprint density at radius 3 is 0.894 bits per heavy atom. The Morgan fingerprint density at radius 1 is 0.426 bits per heavy atom. The van der Waals surface area contributed by atoms with Gasteiger partial charge in [-0.25, -0.2) is 0 Å². The van der Waals surface area contributed by atoms with Crippen molar-refractivity contribution in [3.63, 3.8) is 0 Å². The molecule has 0 atom stereocenters. The smallest absolute Gasteiger partial charge is 0.266 e. The molecule has 0 bridgehead atoms. The molecule has 0 unspecified atom stereocenters. The van der Waals surface area contributed by atoms with Crippen molar-refractivity contribution < 1.29 is 12.6 Å². The molecule has 0 aliphatic rings. The zero-order valence-corrected chi connectivity index (χ0v) is 33.3. The van der Waals surface area contributed by atoms with E-state index < -0.39 is 15.4 Å². The molecule has 0 aromatic heterocycles. The van der Waals surface area contributed by atoms with Crippen LogP contribution in [-0.4, -0.2) is 20.3 Å². The van der Waals surface area contributed by atoms with E-state index in [0.29, 0.717) is 0 Å². The Balaban J connectivity index is 4.25. The number of hydrogen-bond acceptors (Lipinski definition) is 3. The monoisotopic (exact) mass is 669 g/mol. The third-order valence-electron chi connectivity index (χ3n) is 8.52. The third-order valence-corrected chi connectivity index (χ3v) is 10.1. The normalized spacial score (nSPS) is 14.8.